The van der Waals surface area contributed by atoms with Crippen LogP contribution < -0.4 is 0 Å². The molecular weight excluding hydrogens is 378 g/mol. The zero-order valence-electron chi connectivity index (χ0n) is 16.7. The van der Waals surface area contributed by atoms with Gasteiger partial charge in [0.1, 0.15) is 5.69 Å². The number of nitrogens with one attached hydrogen (secondary N) is 1. The van der Waals surface area contributed by atoms with E-state index in [4.69, 9.17) is 0 Å². The van der Waals surface area contributed by atoms with Crippen LogP contribution in [0.15, 0.2) is 60.9 Å². The van der Waals surface area contributed by atoms with Gasteiger partial charge in [0, 0.05) is 56.4 Å². The Morgan fingerprint density at radius 3 is 2.53 bits per heavy atom. The fourth-order valence-electron chi connectivity index (χ4n) is 4.88. The second-order valence-corrected chi connectivity index (χ2v) is 8.06. The van der Waals surface area contributed by atoms with E-state index in [2.05, 4.69) is 27.3 Å². The maximum atomic E-state index is 13.1. The Balaban J connectivity index is 1.36. The normalized spacial score (nSPS) is 22.9. The van der Waals surface area contributed by atoms with Crippen molar-refractivity contribution in [3.05, 3.63) is 72.2 Å². The topological polar surface area (TPSA) is 82.2 Å². The fraction of sp³-hybridized carbons (Fsp3) is 0.304. The molecule has 0 saturated carbocycles. The number of nitrogens with zero attached hydrogens (tertiary/aromatic N) is 4. The third-order valence-corrected chi connectivity index (χ3v) is 6.28. The van der Waals surface area contributed by atoms with Gasteiger partial charge in [-0.1, -0.05) is 30.3 Å². The summed E-state index contributed by atoms with van der Waals surface area (Å²) in [4.78, 5) is 33.3. The minimum atomic E-state index is -0.0432. The van der Waals surface area contributed by atoms with Crippen molar-refractivity contribution in [2.24, 2.45) is 11.8 Å². The van der Waals surface area contributed by atoms with Gasteiger partial charge in [-0.15, -0.1) is 0 Å². The first-order valence-corrected chi connectivity index (χ1v) is 10.2. The van der Waals surface area contributed by atoms with E-state index in [-0.39, 0.29) is 29.7 Å². The summed E-state index contributed by atoms with van der Waals surface area (Å²) in [6, 6.07) is 15.7. The van der Waals surface area contributed by atoms with E-state index < -0.39 is 0 Å². The number of pyridine rings is 1. The van der Waals surface area contributed by atoms with Gasteiger partial charge < -0.3 is 9.80 Å². The molecule has 2 aliphatic heterocycles. The Bertz CT molecular complexity index is 1070. The lowest BCUT2D eigenvalue weighted by atomic mass is 9.89. The molecule has 3 aromatic rings. The Hall–Kier alpha value is -3.48. The monoisotopic (exact) mass is 401 g/mol. The number of fused-ring (bicyclic) bond motifs is 1. The van der Waals surface area contributed by atoms with Crippen LogP contribution in [-0.4, -0.2) is 56.4 Å². The molecule has 2 fully saturated rings. The van der Waals surface area contributed by atoms with Crippen LogP contribution in [0.1, 0.15) is 29.0 Å². The van der Waals surface area contributed by atoms with E-state index in [1.807, 2.05) is 40.1 Å². The Morgan fingerprint density at radius 1 is 1.03 bits per heavy atom. The summed E-state index contributed by atoms with van der Waals surface area (Å²) in [6.45, 7) is 3.61. The average Bonchev–Trinajstić information content (AvgIpc) is 3.49. The number of carbonyl (C=O) groups is 2. The number of rotatable bonds is 3. The Kier molecular flexibility index (Phi) is 4.58. The summed E-state index contributed by atoms with van der Waals surface area (Å²) < 4.78 is 0. The predicted molar refractivity (Wildman–Crippen MR) is 111 cm³/mol. The quantitative estimate of drug-likeness (QED) is 0.732. The predicted octanol–water partition coefficient (Wildman–Crippen LogP) is 2.76. The van der Waals surface area contributed by atoms with E-state index in [1.165, 1.54) is 0 Å². The van der Waals surface area contributed by atoms with Crippen molar-refractivity contribution in [3.63, 3.8) is 0 Å². The van der Waals surface area contributed by atoms with Gasteiger partial charge in [-0.25, -0.2) is 0 Å². The van der Waals surface area contributed by atoms with E-state index in [1.54, 1.807) is 25.4 Å². The second kappa shape index (κ2) is 7.40. The number of amides is 2. The minimum absolute atomic E-state index is 0.0145. The van der Waals surface area contributed by atoms with Crippen molar-refractivity contribution < 1.29 is 9.59 Å². The highest BCUT2D eigenvalue weighted by Crippen LogP contribution is 2.45. The standard InChI is InChI=1S/C23H23N5O2/c1-15(29)28-13-18-12-27(14-19(18)22(28)17-5-3-2-4-6-17)23(30)21-11-20(25-26-21)16-7-9-24-10-8-16/h2-11,18-19,22H,12-14H2,1H3,(H,25,26)/t18-,19-,22+/m1/s1. The number of benzene rings is 1. The summed E-state index contributed by atoms with van der Waals surface area (Å²) >= 11 is 0. The highest BCUT2D eigenvalue weighted by atomic mass is 16.2. The molecule has 0 unspecified atom stereocenters. The molecule has 2 amide bonds. The summed E-state index contributed by atoms with van der Waals surface area (Å²) in [7, 11) is 0. The molecule has 2 aromatic heterocycles. The third kappa shape index (κ3) is 3.16. The fourth-order valence-corrected chi connectivity index (χ4v) is 4.88. The largest absolute Gasteiger partial charge is 0.337 e. The number of hydrogen-bond acceptors (Lipinski definition) is 4. The third-order valence-electron chi connectivity index (χ3n) is 6.28. The van der Waals surface area contributed by atoms with Crippen molar-refractivity contribution in [1.29, 1.82) is 0 Å². The molecule has 5 rings (SSSR count). The van der Waals surface area contributed by atoms with Crippen LogP contribution in [0.4, 0.5) is 0 Å². The number of aromatic amines is 1. The SMILES string of the molecule is CC(=O)N1C[C@H]2CN(C(=O)c3cc(-c4ccncc4)n[nH]3)C[C@H]2[C@@H]1c1ccccc1. The van der Waals surface area contributed by atoms with Gasteiger partial charge in [0.2, 0.25) is 5.91 Å². The van der Waals surface area contributed by atoms with Crippen molar-refractivity contribution in [3.8, 4) is 11.3 Å². The molecule has 2 saturated heterocycles. The first-order chi connectivity index (χ1) is 14.6. The van der Waals surface area contributed by atoms with Gasteiger partial charge in [0.15, 0.2) is 0 Å². The van der Waals surface area contributed by atoms with Crippen LogP contribution >= 0.6 is 0 Å². The number of aromatic nitrogens is 3. The van der Waals surface area contributed by atoms with Gasteiger partial charge in [0.25, 0.3) is 5.91 Å². The molecule has 3 atom stereocenters. The van der Waals surface area contributed by atoms with Gasteiger partial charge >= 0.3 is 0 Å². The molecule has 7 nitrogen and oxygen atoms in total. The number of hydrogen-bond donors (Lipinski definition) is 1. The highest BCUT2D eigenvalue weighted by Gasteiger charge is 2.49. The van der Waals surface area contributed by atoms with E-state index >= 15 is 0 Å². The molecule has 4 heterocycles. The number of carbonyl (C=O) groups excluding carboxylic acids is 2. The van der Waals surface area contributed by atoms with Crippen molar-refractivity contribution in [2.75, 3.05) is 19.6 Å². The van der Waals surface area contributed by atoms with Crippen LogP contribution in [0.25, 0.3) is 11.3 Å². The summed E-state index contributed by atoms with van der Waals surface area (Å²) in [5.74, 6) is 0.568. The van der Waals surface area contributed by atoms with Gasteiger partial charge in [-0.2, -0.15) is 5.10 Å². The summed E-state index contributed by atoms with van der Waals surface area (Å²) in [5, 5.41) is 7.19. The molecular formula is C23H23N5O2. The van der Waals surface area contributed by atoms with Gasteiger partial charge in [0.05, 0.1) is 11.7 Å². The molecule has 0 bridgehead atoms. The lowest BCUT2D eigenvalue weighted by molar-refractivity contribution is -0.130. The first-order valence-electron chi connectivity index (χ1n) is 10.2. The first kappa shape index (κ1) is 18.5. The van der Waals surface area contributed by atoms with Crippen LogP contribution in [0.3, 0.4) is 0 Å². The molecule has 152 valence electrons. The molecule has 0 radical (unpaired) electrons. The van der Waals surface area contributed by atoms with Crippen LogP contribution in [0, 0.1) is 11.8 Å². The Labute approximate surface area is 174 Å². The average molecular weight is 401 g/mol. The van der Waals surface area contributed by atoms with Gasteiger partial charge in [-0.05, 0) is 23.8 Å². The smallest absolute Gasteiger partial charge is 0.271 e. The highest BCUT2D eigenvalue weighted by molar-refractivity contribution is 5.93. The second-order valence-electron chi connectivity index (χ2n) is 8.06. The summed E-state index contributed by atoms with van der Waals surface area (Å²) in [5.41, 5.74) is 3.27. The van der Waals surface area contributed by atoms with Crippen LogP contribution in [-0.2, 0) is 4.79 Å². The zero-order valence-corrected chi connectivity index (χ0v) is 16.7. The molecule has 0 spiro atoms. The van der Waals surface area contributed by atoms with Crippen LogP contribution in [0.5, 0.6) is 0 Å². The molecule has 7 heteroatoms. The molecule has 1 aromatic carbocycles. The lowest BCUT2D eigenvalue weighted by Crippen LogP contribution is -2.36. The summed E-state index contributed by atoms with van der Waals surface area (Å²) in [6.07, 6.45) is 3.41. The van der Waals surface area contributed by atoms with Crippen molar-refractivity contribution in [1.82, 2.24) is 25.0 Å². The maximum Gasteiger partial charge on any atom is 0.271 e. The van der Waals surface area contributed by atoms with Crippen molar-refractivity contribution >= 4 is 11.8 Å². The molecule has 30 heavy (non-hydrogen) atoms. The van der Waals surface area contributed by atoms with E-state index in [0.717, 1.165) is 16.8 Å². The Morgan fingerprint density at radius 2 is 1.80 bits per heavy atom. The number of likely N-dealkylation sites (tertiary alicyclic amines) is 2. The zero-order chi connectivity index (χ0) is 20.7. The molecule has 1 N–H and O–H groups in total. The number of H-pyrrole nitrogens is 1. The van der Waals surface area contributed by atoms with Gasteiger partial charge in [-0.3, -0.25) is 19.7 Å². The molecule has 2 aliphatic rings. The van der Waals surface area contributed by atoms with Crippen LogP contribution in [0.2, 0.25) is 0 Å². The lowest BCUT2D eigenvalue weighted by Gasteiger charge is -2.29. The molecule has 0 aliphatic carbocycles. The van der Waals surface area contributed by atoms with E-state index in [9.17, 15) is 9.59 Å². The minimum Gasteiger partial charge on any atom is -0.337 e. The maximum absolute atomic E-state index is 13.1. The van der Waals surface area contributed by atoms with Crippen molar-refractivity contribution in [2.45, 2.75) is 13.0 Å². The van der Waals surface area contributed by atoms with E-state index in [0.29, 0.717) is 25.3 Å².